The van der Waals surface area contributed by atoms with Crippen LogP contribution >= 0.6 is 22.9 Å². The molecule has 4 rings (SSSR count). The van der Waals surface area contributed by atoms with Crippen LogP contribution in [-0.2, 0) is 21.3 Å². The van der Waals surface area contributed by atoms with Crippen molar-refractivity contribution in [1.82, 2.24) is 4.57 Å². The molecule has 0 radical (unpaired) electrons. The van der Waals surface area contributed by atoms with Crippen molar-refractivity contribution in [3.8, 4) is 0 Å². The Labute approximate surface area is 204 Å². The second kappa shape index (κ2) is 10.1. The average Bonchev–Trinajstić information content (AvgIpc) is 3.13. The first-order valence-corrected chi connectivity index (χ1v) is 12.7. The molecular formula is C23H19ClFN3O4S2. The number of hydrogen-bond donors (Lipinski definition) is 1. The number of carbonyl (C=O) groups excluding carboxylic acids is 1. The SMILES string of the molecule is COCCn1c(=NC(=O)c2cccc(NS(=O)(=O)c3ccc(F)cc3)c2)sc2cc(Cl)ccc21. The molecule has 0 aliphatic carbocycles. The van der Waals surface area contributed by atoms with Crippen LogP contribution in [0.25, 0.3) is 10.2 Å². The van der Waals surface area contributed by atoms with Crippen molar-refractivity contribution in [3.63, 3.8) is 0 Å². The van der Waals surface area contributed by atoms with Crippen molar-refractivity contribution in [2.75, 3.05) is 18.4 Å². The molecule has 4 aromatic rings. The fourth-order valence-corrected chi connectivity index (χ4v) is 5.61. The van der Waals surface area contributed by atoms with Crippen LogP contribution in [0.5, 0.6) is 0 Å². The molecule has 0 saturated carbocycles. The van der Waals surface area contributed by atoms with Crippen molar-refractivity contribution >= 4 is 54.8 Å². The zero-order chi connectivity index (χ0) is 24.3. The normalized spacial score (nSPS) is 12.3. The summed E-state index contributed by atoms with van der Waals surface area (Å²) in [5.41, 5.74) is 1.26. The largest absolute Gasteiger partial charge is 0.383 e. The smallest absolute Gasteiger partial charge is 0.279 e. The second-order valence-corrected chi connectivity index (χ2v) is 10.3. The van der Waals surface area contributed by atoms with E-state index >= 15 is 0 Å². The van der Waals surface area contributed by atoms with E-state index in [4.69, 9.17) is 16.3 Å². The van der Waals surface area contributed by atoms with Crippen molar-refractivity contribution < 1.29 is 22.3 Å². The number of sulfonamides is 1. The number of benzene rings is 3. The van der Waals surface area contributed by atoms with E-state index in [0.29, 0.717) is 23.0 Å². The summed E-state index contributed by atoms with van der Waals surface area (Å²) in [7, 11) is -2.37. The Morgan fingerprint density at radius 2 is 1.91 bits per heavy atom. The third kappa shape index (κ3) is 5.36. The summed E-state index contributed by atoms with van der Waals surface area (Å²) in [6, 6.07) is 15.9. The lowest BCUT2D eigenvalue weighted by Crippen LogP contribution is -2.19. The van der Waals surface area contributed by atoms with Crippen LogP contribution in [0, 0.1) is 5.82 Å². The molecule has 176 valence electrons. The Balaban J connectivity index is 1.66. The highest BCUT2D eigenvalue weighted by atomic mass is 35.5. The quantitative estimate of drug-likeness (QED) is 0.384. The van der Waals surface area contributed by atoms with Gasteiger partial charge in [0.1, 0.15) is 5.82 Å². The Bertz CT molecular complexity index is 1530. The molecule has 0 fully saturated rings. The van der Waals surface area contributed by atoms with Gasteiger partial charge in [0, 0.05) is 29.9 Å². The molecule has 0 aliphatic heterocycles. The summed E-state index contributed by atoms with van der Waals surface area (Å²) in [4.78, 5) is 17.6. The summed E-state index contributed by atoms with van der Waals surface area (Å²) in [6.45, 7) is 0.915. The highest BCUT2D eigenvalue weighted by Crippen LogP contribution is 2.22. The maximum Gasteiger partial charge on any atom is 0.279 e. The fraction of sp³-hybridized carbons (Fsp3) is 0.130. The highest BCUT2D eigenvalue weighted by Gasteiger charge is 2.16. The molecule has 34 heavy (non-hydrogen) atoms. The molecule has 0 saturated heterocycles. The molecule has 0 atom stereocenters. The van der Waals surface area contributed by atoms with Crippen molar-refractivity contribution in [1.29, 1.82) is 0 Å². The minimum Gasteiger partial charge on any atom is -0.383 e. The third-order valence-electron chi connectivity index (χ3n) is 4.85. The van der Waals surface area contributed by atoms with Gasteiger partial charge < -0.3 is 9.30 Å². The van der Waals surface area contributed by atoms with Gasteiger partial charge in [-0.15, -0.1) is 0 Å². The Morgan fingerprint density at radius 3 is 2.65 bits per heavy atom. The van der Waals surface area contributed by atoms with Gasteiger partial charge in [0.05, 0.1) is 21.7 Å². The first kappa shape index (κ1) is 24.1. The first-order chi connectivity index (χ1) is 16.3. The van der Waals surface area contributed by atoms with E-state index in [1.54, 1.807) is 31.4 Å². The lowest BCUT2D eigenvalue weighted by atomic mass is 10.2. The molecule has 0 spiro atoms. The zero-order valence-electron chi connectivity index (χ0n) is 17.9. The van der Waals surface area contributed by atoms with Crippen LogP contribution in [-0.4, -0.2) is 32.6 Å². The number of ether oxygens (including phenoxy) is 1. The number of aromatic nitrogens is 1. The predicted octanol–water partition coefficient (Wildman–Crippen LogP) is 4.68. The lowest BCUT2D eigenvalue weighted by molar-refractivity contribution is 0.0997. The number of hydrogen-bond acceptors (Lipinski definition) is 5. The molecule has 1 aromatic heterocycles. The molecule has 1 amide bonds. The molecule has 0 bridgehead atoms. The molecule has 7 nitrogen and oxygen atoms in total. The Morgan fingerprint density at radius 1 is 1.15 bits per heavy atom. The van der Waals surface area contributed by atoms with Crippen LogP contribution in [0.3, 0.4) is 0 Å². The second-order valence-electron chi connectivity index (χ2n) is 7.20. The molecule has 1 N–H and O–H groups in total. The highest BCUT2D eigenvalue weighted by molar-refractivity contribution is 7.92. The summed E-state index contributed by atoms with van der Waals surface area (Å²) >= 11 is 7.43. The maximum atomic E-state index is 13.1. The number of amides is 1. The van der Waals surface area contributed by atoms with E-state index in [0.717, 1.165) is 34.5 Å². The van der Waals surface area contributed by atoms with E-state index in [9.17, 15) is 17.6 Å². The Kier molecular flexibility index (Phi) is 7.13. The van der Waals surface area contributed by atoms with Gasteiger partial charge in [-0.1, -0.05) is 29.0 Å². The van der Waals surface area contributed by atoms with Gasteiger partial charge >= 0.3 is 0 Å². The van der Waals surface area contributed by atoms with Crippen LogP contribution in [0.1, 0.15) is 10.4 Å². The Hall–Kier alpha value is -3.05. The number of nitrogens with zero attached hydrogens (tertiary/aromatic N) is 2. The molecule has 11 heteroatoms. The van der Waals surface area contributed by atoms with E-state index in [1.165, 1.54) is 23.5 Å². The fourth-order valence-electron chi connectivity index (χ4n) is 3.23. The van der Waals surface area contributed by atoms with Gasteiger partial charge in [-0.25, -0.2) is 12.8 Å². The number of thiazole rings is 1. The van der Waals surface area contributed by atoms with Gasteiger partial charge in [-0.3, -0.25) is 9.52 Å². The van der Waals surface area contributed by atoms with Crippen molar-refractivity contribution in [3.05, 3.63) is 87.9 Å². The van der Waals surface area contributed by atoms with E-state index in [2.05, 4.69) is 9.71 Å². The number of rotatable bonds is 7. The number of methoxy groups -OCH3 is 1. The topological polar surface area (TPSA) is 89.8 Å². The van der Waals surface area contributed by atoms with E-state index in [-0.39, 0.29) is 16.1 Å². The van der Waals surface area contributed by atoms with Crippen LogP contribution in [0.2, 0.25) is 5.02 Å². The van der Waals surface area contributed by atoms with Gasteiger partial charge in [0.15, 0.2) is 4.80 Å². The number of nitrogens with one attached hydrogen (secondary N) is 1. The molecule has 3 aromatic carbocycles. The molecule has 0 unspecified atom stereocenters. The standard InChI is InChI=1S/C23H19ClFN3O4S2/c1-32-12-11-28-20-10-5-16(24)14-21(20)33-23(28)26-22(29)15-3-2-4-18(13-15)27-34(30,31)19-8-6-17(25)7-9-19/h2-10,13-14,27H,11-12H2,1H3. The predicted molar refractivity (Wildman–Crippen MR) is 130 cm³/mol. The average molecular weight is 520 g/mol. The van der Waals surface area contributed by atoms with Gasteiger partial charge in [0.25, 0.3) is 15.9 Å². The molecular weight excluding hydrogens is 501 g/mol. The number of carbonyl (C=O) groups is 1. The molecule has 1 heterocycles. The number of halogens is 2. The number of fused-ring (bicyclic) bond motifs is 1. The van der Waals surface area contributed by atoms with Crippen molar-refractivity contribution in [2.24, 2.45) is 4.99 Å². The summed E-state index contributed by atoms with van der Waals surface area (Å²) in [5, 5.41) is 0.576. The monoisotopic (exact) mass is 519 g/mol. The van der Waals surface area contributed by atoms with Gasteiger partial charge in [-0.05, 0) is 60.7 Å². The molecule has 0 aliphatic rings. The van der Waals surface area contributed by atoms with Crippen LogP contribution in [0.4, 0.5) is 10.1 Å². The zero-order valence-corrected chi connectivity index (χ0v) is 20.3. The summed E-state index contributed by atoms with van der Waals surface area (Å²) in [5.74, 6) is -1.08. The van der Waals surface area contributed by atoms with Gasteiger partial charge in [-0.2, -0.15) is 4.99 Å². The minimum absolute atomic E-state index is 0.0987. The van der Waals surface area contributed by atoms with E-state index in [1.807, 2.05) is 10.6 Å². The first-order valence-electron chi connectivity index (χ1n) is 10.0. The maximum absolute atomic E-state index is 13.1. The lowest BCUT2D eigenvalue weighted by Gasteiger charge is -2.09. The summed E-state index contributed by atoms with van der Waals surface area (Å²) < 4.78 is 48.6. The summed E-state index contributed by atoms with van der Waals surface area (Å²) in [6.07, 6.45) is 0. The van der Waals surface area contributed by atoms with Crippen molar-refractivity contribution in [2.45, 2.75) is 11.4 Å². The van der Waals surface area contributed by atoms with Gasteiger partial charge in [0.2, 0.25) is 0 Å². The minimum atomic E-state index is -3.96. The van der Waals surface area contributed by atoms with Crippen LogP contribution < -0.4 is 9.52 Å². The number of anilines is 1. The van der Waals surface area contributed by atoms with E-state index < -0.39 is 21.7 Å². The third-order valence-corrected chi connectivity index (χ3v) is 7.52. The van der Waals surface area contributed by atoms with Crippen LogP contribution in [0.15, 0.2) is 76.6 Å².